The second-order valence-corrected chi connectivity index (χ2v) is 15.5. The van der Waals surface area contributed by atoms with Gasteiger partial charge in [0, 0.05) is 11.1 Å². The number of amidine groups is 2. The number of ether oxygens (including phenoxy) is 5. The first-order chi connectivity index (χ1) is 35.3. The molecule has 77 heavy (non-hydrogen) atoms. The molecule has 6 rings (SSSR count). The van der Waals surface area contributed by atoms with E-state index < -0.39 is 72.1 Å². The molecule has 2 aliphatic rings. The molecule has 4 aromatic rings. The van der Waals surface area contributed by atoms with Gasteiger partial charge in [-0.25, -0.2) is 47.5 Å². The molecule has 2 aliphatic heterocycles. The van der Waals surface area contributed by atoms with Crippen molar-refractivity contribution in [3.63, 3.8) is 0 Å². The number of aliphatic hydroxyl groups excluding tert-OH is 1. The van der Waals surface area contributed by atoms with E-state index in [4.69, 9.17) is 61.9 Å². The van der Waals surface area contributed by atoms with Crippen LogP contribution in [0.3, 0.4) is 0 Å². The van der Waals surface area contributed by atoms with Crippen molar-refractivity contribution in [2.75, 3.05) is 39.6 Å². The average Bonchev–Trinajstić information content (AvgIpc) is 3.35. The first-order valence-corrected chi connectivity index (χ1v) is 21.4. The number of hydrogen-bond donors (Lipinski definition) is 3. The molecule has 4 atom stereocenters. The zero-order chi connectivity index (χ0) is 56.0. The maximum atomic E-state index is 14.8. The zero-order valence-electron chi connectivity index (χ0n) is 42.6. The molecule has 0 saturated carbocycles. The minimum Gasteiger partial charge on any atom is -1.00 e. The SMILES string of the molecule is CC#CCO.CC#CCOc1cnc(/C(F)=C/c2ccc(F)c([C@@]3(C)N=C(N)OC[C@@H]3OCC(F)(F)F)c2)cn1.C[C@]1(c2cc(/C=C(\F)c3cnc(Cl)cn3)ccc2F)N=C(N)OC[C@@H]1OCC(F)(F)F.O=CO[O-].[Cs+].[Cs+].[H-]. The number of carbonyl (C=O) groups excluding carboxylic acids is 1. The van der Waals surface area contributed by atoms with Crippen LogP contribution < -0.4 is 159 Å². The number of carbonyl (C=O) groups is 1. The maximum Gasteiger partial charge on any atom is 1.00 e. The number of rotatable bonds is 13. The van der Waals surface area contributed by atoms with E-state index in [0.717, 1.165) is 42.9 Å². The van der Waals surface area contributed by atoms with E-state index >= 15 is 0 Å². The summed E-state index contributed by atoms with van der Waals surface area (Å²) in [6, 6.07) is 6.45. The van der Waals surface area contributed by atoms with Crippen LogP contribution >= 0.6 is 11.6 Å². The average molecular weight is 1360 g/mol. The van der Waals surface area contributed by atoms with Gasteiger partial charge >= 0.3 is 150 Å². The molecule has 0 unspecified atom stereocenters. The molecule has 0 bridgehead atoms. The number of hydrogen-bond acceptors (Lipinski definition) is 17. The van der Waals surface area contributed by atoms with Crippen LogP contribution in [0.1, 0.15) is 62.8 Å². The number of aromatic nitrogens is 4. The third-order valence-corrected chi connectivity index (χ3v) is 9.96. The van der Waals surface area contributed by atoms with E-state index in [1.807, 2.05) is 0 Å². The first-order valence-electron chi connectivity index (χ1n) is 21.1. The molecular formula is C47H45ClCs2F10N8O9. The summed E-state index contributed by atoms with van der Waals surface area (Å²) in [7, 11) is 0. The minimum absolute atomic E-state index is 0. The number of alkyl halides is 6. The smallest absolute Gasteiger partial charge is 1.00 e. The van der Waals surface area contributed by atoms with Gasteiger partial charge in [0.2, 0.25) is 5.88 Å². The van der Waals surface area contributed by atoms with Crippen molar-refractivity contribution in [2.24, 2.45) is 21.5 Å². The summed E-state index contributed by atoms with van der Waals surface area (Å²) in [6.45, 7) is 2.02. The molecule has 17 nitrogen and oxygen atoms in total. The molecule has 0 amide bonds. The van der Waals surface area contributed by atoms with Gasteiger partial charge in [-0.1, -0.05) is 35.6 Å². The van der Waals surface area contributed by atoms with Gasteiger partial charge < -0.3 is 51.8 Å². The van der Waals surface area contributed by atoms with Crippen LogP contribution in [0, 0.1) is 35.3 Å². The number of nitrogens with zero attached hydrogens (tertiary/aromatic N) is 6. The first kappa shape index (κ1) is 71.6. The van der Waals surface area contributed by atoms with Crippen molar-refractivity contribution in [1.82, 2.24) is 19.9 Å². The molecule has 0 radical (unpaired) electrons. The Morgan fingerprint density at radius 1 is 0.779 bits per heavy atom. The van der Waals surface area contributed by atoms with Gasteiger partial charge in [0.1, 0.15) is 84.5 Å². The third-order valence-electron chi connectivity index (χ3n) is 9.76. The number of halogens is 11. The summed E-state index contributed by atoms with van der Waals surface area (Å²) in [5, 5.41) is 16.4. The van der Waals surface area contributed by atoms with Gasteiger partial charge in [-0.2, -0.15) is 26.3 Å². The quantitative estimate of drug-likeness (QED) is 0.0551. The maximum absolute atomic E-state index is 14.8. The van der Waals surface area contributed by atoms with E-state index in [9.17, 15) is 43.9 Å². The Kier molecular flexibility index (Phi) is 32.2. The van der Waals surface area contributed by atoms with Crippen LogP contribution in [0.2, 0.25) is 5.15 Å². The largest absolute Gasteiger partial charge is 1.00 e. The van der Waals surface area contributed by atoms with E-state index in [-0.39, 0.29) is 229 Å². The second-order valence-electron chi connectivity index (χ2n) is 15.1. The van der Waals surface area contributed by atoms with Crippen LogP contribution in [-0.2, 0) is 39.7 Å². The molecule has 5 N–H and O–H groups in total. The fraction of sp³-hybridized carbons (Fsp3) is 0.340. The van der Waals surface area contributed by atoms with Crippen LogP contribution in [0.4, 0.5) is 43.9 Å². The van der Waals surface area contributed by atoms with Crippen molar-refractivity contribution in [3.05, 3.63) is 112 Å². The Labute approximate surface area is 558 Å². The summed E-state index contributed by atoms with van der Waals surface area (Å²) in [6.07, 6.45) is -5.08. The van der Waals surface area contributed by atoms with Crippen molar-refractivity contribution in [1.29, 1.82) is 0 Å². The van der Waals surface area contributed by atoms with Gasteiger partial charge in [-0.3, -0.25) is 4.79 Å². The minimum atomic E-state index is -4.62. The van der Waals surface area contributed by atoms with E-state index in [1.54, 1.807) is 13.8 Å². The van der Waals surface area contributed by atoms with Crippen molar-refractivity contribution < 1.29 is 227 Å². The van der Waals surface area contributed by atoms with Gasteiger partial charge in [0.15, 0.2) is 18.3 Å². The monoisotopic (exact) mass is 1360 g/mol. The van der Waals surface area contributed by atoms with E-state index in [1.165, 1.54) is 44.3 Å². The predicted molar refractivity (Wildman–Crippen MR) is 249 cm³/mol. The molecule has 0 saturated heterocycles. The molecular weight excluding hydrogens is 1310 g/mol. The number of nitrogens with two attached hydrogens (primary N) is 2. The third kappa shape index (κ3) is 24.0. The van der Waals surface area contributed by atoms with Gasteiger partial charge in [-0.15, -0.1) is 11.8 Å². The van der Waals surface area contributed by atoms with Gasteiger partial charge in [-0.05, 0) is 75.2 Å². The molecule has 406 valence electrons. The van der Waals surface area contributed by atoms with E-state index in [2.05, 4.69) is 58.5 Å². The van der Waals surface area contributed by atoms with Gasteiger partial charge in [0.25, 0.3) is 18.5 Å². The molecule has 4 heterocycles. The number of aliphatic imine (C=N–C) groups is 2. The Morgan fingerprint density at radius 2 is 1.21 bits per heavy atom. The molecule has 0 fully saturated rings. The summed E-state index contributed by atoms with van der Waals surface area (Å²) in [4.78, 5) is 34.7. The number of aliphatic hydroxyl groups is 1. The molecule has 0 aliphatic carbocycles. The Hall–Kier alpha value is -3.46. The summed E-state index contributed by atoms with van der Waals surface area (Å²) in [5.74, 6) is 7.26. The number of benzene rings is 2. The van der Waals surface area contributed by atoms with Crippen LogP contribution in [0.25, 0.3) is 23.8 Å². The summed E-state index contributed by atoms with van der Waals surface area (Å²) < 4.78 is 160. The molecule has 2 aromatic heterocycles. The Balaban J connectivity index is 0.00000128. The Morgan fingerprint density at radius 3 is 1.55 bits per heavy atom. The fourth-order valence-corrected chi connectivity index (χ4v) is 6.38. The van der Waals surface area contributed by atoms with Crippen LogP contribution in [-0.4, -0.2) is 108 Å². The molecule has 0 spiro atoms. The van der Waals surface area contributed by atoms with Crippen molar-refractivity contribution >= 4 is 53.9 Å². The zero-order valence-corrected chi connectivity index (χ0v) is 54.9. The molecule has 2 aromatic carbocycles. The van der Waals surface area contributed by atoms with Gasteiger partial charge in [0.05, 0.1) is 24.8 Å². The predicted octanol–water partition coefficient (Wildman–Crippen LogP) is 0.795. The molecule has 30 heteroatoms. The van der Waals surface area contributed by atoms with E-state index in [0.29, 0.717) is 0 Å². The summed E-state index contributed by atoms with van der Waals surface area (Å²) >= 11 is 5.62. The Bertz CT molecular complexity index is 2810. The van der Waals surface area contributed by atoms with Crippen molar-refractivity contribution in [3.8, 4) is 29.6 Å². The fourth-order valence-electron chi connectivity index (χ4n) is 6.28. The normalized spacial score (nSPS) is 18.8. The van der Waals surface area contributed by atoms with Crippen LogP contribution in [0.15, 0.2) is 71.2 Å². The summed E-state index contributed by atoms with van der Waals surface area (Å²) in [5.41, 5.74) is 7.73. The standard InChI is InChI=1S/C23H21F5N4O3.C19H16ClF5N4O2.C4H6O.CH2O3.2Cs.H/c1-3-4-7-33-20-11-30-18(10-31-20)17(25)9-14-5-6-16(24)15(8-14)22(2)19(12-34-21(29)32-22)35-13-23(26,27)28;1-18(15(8-30-17(26)29-18)31-9-19(23,24)25)11-4-10(2-3-12(11)21)5-13(22)14-6-28-16(20)7-27-14;1-2-3-4-5;2-1-4-3;;;/h5-6,8-11,19H,7,12-13H2,1-2H3,(H2,29,32);2-7,15H,8-9H2,1H3,(H2,26,29);5H,4H2,1H3;1,3H;;;/q;;;;2*+1;-1/p-1/b17-9-;13-5-;;;;;/t19-,22+;15-,18+;;;;;/m00...../s1. The topological polar surface area (TPSA) is 244 Å². The van der Waals surface area contributed by atoms with Crippen molar-refractivity contribution in [2.45, 2.75) is 63.3 Å². The van der Waals surface area contributed by atoms with Crippen LogP contribution in [0.5, 0.6) is 5.88 Å². The second kappa shape index (κ2) is 34.6.